The monoisotopic (exact) mass is 510 g/mol. The van der Waals surface area contributed by atoms with Gasteiger partial charge in [0.15, 0.2) is 0 Å². The Bertz CT molecular complexity index is 1370. The van der Waals surface area contributed by atoms with E-state index in [9.17, 15) is 14.7 Å². The molecule has 0 bridgehead atoms. The first kappa shape index (κ1) is 28.1. The zero-order valence-corrected chi connectivity index (χ0v) is 21.3. The molecule has 0 aromatic heterocycles. The molecule has 0 radical (unpaired) electrons. The molecule has 0 amide bonds. The van der Waals surface area contributed by atoms with Gasteiger partial charge < -0.3 is 19.7 Å². The van der Waals surface area contributed by atoms with Crippen molar-refractivity contribution in [1.82, 2.24) is 0 Å². The fourth-order valence-corrected chi connectivity index (χ4v) is 3.37. The first-order chi connectivity index (χ1) is 18.3. The third-order valence-electron chi connectivity index (χ3n) is 5.65. The fraction of sp³-hybridized carbons (Fsp3) is 0.188. The lowest BCUT2D eigenvalue weighted by molar-refractivity contribution is -0.131. The van der Waals surface area contributed by atoms with E-state index in [1.165, 1.54) is 5.56 Å². The van der Waals surface area contributed by atoms with Gasteiger partial charge in [-0.1, -0.05) is 68.7 Å². The minimum absolute atomic E-state index is 0.0399. The zero-order valence-electron chi connectivity index (χ0n) is 21.3. The summed E-state index contributed by atoms with van der Waals surface area (Å²) in [6.45, 7) is 8.14. The molecule has 2 N–H and O–H groups in total. The smallest absolute Gasteiger partial charge is 0.341 e. The largest absolute Gasteiger partial charge is 0.423 e. The van der Waals surface area contributed by atoms with Gasteiger partial charge in [-0.3, -0.25) is 0 Å². The van der Waals surface area contributed by atoms with Gasteiger partial charge in [0.05, 0.1) is 29.9 Å². The highest BCUT2D eigenvalue weighted by molar-refractivity contribution is 5.90. The van der Waals surface area contributed by atoms with Crippen LogP contribution in [-0.2, 0) is 16.0 Å². The summed E-state index contributed by atoms with van der Waals surface area (Å²) in [5.41, 5.74) is 4.06. The van der Waals surface area contributed by atoms with Gasteiger partial charge in [-0.05, 0) is 65.9 Å². The van der Waals surface area contributed by atoms with Crippen molar-refractivity contribution in [2.75, 3.05) is 13.2 Å². The first-order valence-corrected chi connectivity index (χ1v) is 12.2. The van der Waals surface area contributed by atoms with Crippen molar-refractivity contribution in [2.24, 2.45) is 0 Å². The number of carbonyl (C=O) groups is 2. The molecule has 0 aliphatic heterocycles. The number of benzene rings is 3. The van der Waals surface area contributed by atoms with E-state index in [2.05, 4.69) is 44.1 Å². The molecule has 0 saturated heterocycles. The van der Waals surface area contributed by atoms with E-state index < -0.39 is 25.2 Å². The summed E-state index contributed by atoms with van der Waals surface area (Å²) in [6.07, 6.45) is 3.29. The van der Waals surface area contributed by atoms with Crippen molar-refractivity contribution < 1.29 is 29.3 Å². The molecule has 0 aliphatic rings. The molecular weight excluding hydrogens is 480 g/mol. The third kappa shape index (κ3) is 7.78. The van der Waals surface area contributed by atoms with Crippen molar-refractivity contribution >= 4 is 11.9 Å². The number of ether oxygens (including phenoxy) is 2. The summed E-state index contributed by atoms with van der Waals surface area (Å²) in [4.78, 5) is 24.1. The predicted octanol–water partition coefficient (Wildman–Crippen LogP) is 5.00. The summed E-state index contributed by atoms with van der Waals surface area (Å²) in [6, 6.07) is 20.0. The zero-order chi connectivity index (χ0) is 27.5. The van der Waals surface area contributed by atoms with Crippen LogP contribution < -0.4 is 9.47 Å². The Kier molecular flexibility index (Phi) is 10.2. The summed E-state index contributed by atoms with van der Waals surface area (Å²) in [5, 5.41) is 18.2. The van der Waals surface area contributed by atoms with Gasteiger partial charge in [0.25, 0.3) is 0 Å². The van der Waals surface area contributed by atoms with Gasteiger partial charge in [-0.2, -0.15) is 0 Å². The van der Waals surface area contributed by atoms with E-state index in [-0.39, 0.29) is 16.9 Å². The SMILES string of the molecule is C=C(CO)C(=O)Oc1ccc(-c2ccc(OC(=O)C(=C)CO)c(C#Cc3ccc(CCCC)cc3)c2)cc1. The predicted molar refractivity (Wildman–Crippen MR) is 147 cm³/mol. The molecular formula is C32H30O6. The third-order valence-corrected chi connectivity index (χ3v) is 5.65. The molecule has 0 spiro atoms. The molecule has 0 heterocycles. The Balaban J connectivity index is 1.90. The number of aliphatic hydroxyl groups excluding tert-OH is 2. The van der Waals surface area contributed by atoms with Crippen molar-refractivity contribution in [1.29, 1.82) is 0 Å². The molecule has 0 atom stereocenters. The maximum absolute atomic E-state index is 12.3. The number of unbranched alkanes of at least 4 members (excludes halogenated alkanes) is 1. The number of aliphatic hydroxyl groups is 2. The molecule has 0 unspecified atom stereocenters. The lowest BCUT2D eigenvalue weighted by Gasteiger charge is -2.10. The van der Waals surface area contributed by atoms with Crippen LogP contribution in [0.1, 0.15) is 36.5 Å². The minimum atomic E-state index is -0.737. The lowest BCUT2D eigenvalue weighted by Crippen LogP contribution is -2.13. The van der Waals surface area contributed by atoms with Gasteiger partial charge in [0.1, 0.15) is 11.5 Å². The Morgan fingerprint density at radius 2 is 1.39 bits per heavy atom. The van der Waals surface area contributed by atoms with Crippen LogP contribution in [-0.4, -0.2) is 35.4 Å². The highest BCUT2D eigenvalue weighted by Crippen LogP contribution is 2.28. The first-order valence-electron chi connectivity index (χ1n) is 12.2. The van der Waals surface area contributed by atoms with Gasteiger partial charge >= 0.3 is 11.9 Å². The highest BCUT2D eigenvalue weighted by Gasteiger charge is 2.13. The number of carbonyl (C=O) groups excluding carboxylic acids is 2. The van der Waals surface area contributed by atoms with Gasteiger partial charge in [-0.25, -0.2) is 9.59 Å². The second kappa shape index (κ2) is 13.8. The topological polar surface area (TPSA) is 93.1 Å². The Morgan fingerprint density at radius 3 is 2.00 bits per heavy atom. The molecule has 38 heavy (non-hydrogen) atoms. The van der Waals surface area contributed by atoms with E-state index in [1.807, 2.05) is 12.1 Å². The van der Waals surface area contributed by atoms with Crippen molar-refractivity contribution in [3.63, 3.8) is 0 Å². The molecule has 194 valence electrons. The summed E-state index contributed by atoms with van der Waals surface area (Å²) in [7, 11) is 0. The van der Waals surface area contributed by atoms with Gasteiger partial charge in [0.2, 0.25) is 0 Å². The van der Waals surface area contributed by atoms with Crippen LogP contribution in [0, 0.1) is 11.8 Å². The molecule has 3 aromatic carbocycles. The van der Waals surface area contributed by atoms with E-state index in [1.54, 1.807) is 42.5 Å². The van der Waals surface area contributed by atoms with E-state index in [0.717, 1.165) is 36.0 Å². The number of aryl methyl sites for hydroxylation is 1. The molecule has 3 aromatic rings. The van der Waals surface area contributed by atoms with E-state index >= 15 is 0 Å². The Morgan fingerprint density at radius 1 is 0.789 bits per heavy atom. The maximum atomic E-state index is 12.3. The molecule has 6 nitrogen and oxygen atoms in total. The van der Waals surface area contributed by atoms with Crippen LogP contribution in [0.3, 0.4) is 0 Å². The van der Waals surface area contributed by atoms with Crippen LogP contribution in [0.25, 0.3) is 11.1 Å². The van der Waals surface area contributed by atoms with Crippen LogP contribution in [0.4, 0.5) is 0 Å². The average molecular weight is 511 g/mol. The highest BCUT2D eigenvalue weighted by atomic mass is 16.5. The number of hydrogen-bond donors (Lipinski definition) is 2. The molecule has 3 rings (SSSR count). The maximum Gasteiger partial charge on any atom is 0.341 e. The molecule has 0 fully saturated rings. The second-order valence-corrected chi connectivity index (χ2v) is 8.59. The normalized spacial score (nSPS) is 10.2. The fourth-order valence-electron chi connectivity index (χ4n) is 3.37. The number of esters is 2. The van der Waals surface area contributed by atoms with Crippen LogP contribution >= 0.6 is 0 Å². The van der Waals surface area contributed by atoms with Crippen molar-refractivity contribution in [2.45, 2.75) is 26.2 Å². The number of rotatable bonds is 10. The van der Waals surface area contributed by atoms with E-state index in [0.29, 0.717) is 11.3 Å². The van der Waals surface area contributed by atoms with Crippen LogP contribution in [0.2, 0.25) is 0 Å². The summed E-state index contributed by atoms with van der Waals surface area (Å²) >= 11 is 0. The molecule has 6 heteroatoms. The number of hydrogen-bond acceptors (Lipinski definition) is 6. The van der Waals surface area contributed by atoms with Crippen molar-refractivity contribution in [3.8, 4) is 34.5 Å². The summed E-state index contributed by atoms with van der Waals surface area (Å²) < 4.78 is 10.6. The Hall–Kier alpha value is -4.44. The second-order valence-electron chi connectivity index (χ2n) is 8.59. The summed E-state index contributed by atoms with van der Waals surface area (Å²) in [5.74, 6) is 5.34. The quantitative estimate of drug-likeness (QED) is 0.173. The Labute approximate surface area is 222 Å². The van der Waals surface area contributed by atoms with Gasteiger partial charge in [0, 0.05) is 5.56 Å². The average Bonchev–Trinajstić information content (AvgIpc) is 2.95. The van der Waals surface area contributed by atoms with Crippen LogP contribution in [0.5, 0.6) is 11.5 Å². The lowest BCUT2D eigenvalue weighted by atomic mass is 10.0. The van der Waals surface area contributed by atoms with E-state index in [4.69, 9.17) is 14.6 Å². The van der Waals surface area contributed by atoms with Crippen LogP contribution in [0.15, 0.2) is 91.0 Å². The van der Waals surface area contributed by atoms with Crippen molar-refractivity contribution in [3.05, 3.63) is 108 Å². The molecule has 0 saturated carbocycles. The standard InChI is InChI=1S/C32H30O6/c1-4-5-6-24-7-9-25(10-8-24)11-12-28-19-27(15-18-30(28)38-32(36)23(3)21-34)26-13-16-29(17-14-26)37-31(35)22(2)20-33/h7-10,13-19,33-34H,2-6,20-21H2,1H3. The minimum Gasteiger partial charge on any atom is -0.423 e. The molecule has 0 aliphatic carbocycles. The van der Waals surface area contributed by atoms with Gasteiger partial charge in [-0.15, -0.1) is 0 Å².